The van der Waals surface area contributed by atoms with Gasteiger partial charge < -0.3 is 0 Å². The van der Waals surface area contributed by atoms with E-state index in [4.69, 9.17) is 0 Å². The van der Waals surface area contributed by atoms with E-state index >= 15 is 0 Å². The standard InChI is InChI=1S/C11H12Se/c1-3-10(2)9-12-11-7-5-4-6-8-11/h3-9H,1H2,2H3/b10-9+. The van der Waals surface area contributed by atoms with Crippen LogP contribution in [0, 0.1) is 0 Å². The summed E-state index contributed by atoms with van der Waals surface area (Å²) < 4.78 is 1.41. The van der Waals surface area contributed by atoms with E-state index in [1.165, 1.54) is 10.0 Å². The van der Waals surface area contributed by atoms with Gasteiger partial charge in [-0.3, -0.25) is 0 Å². The minimum absolute atomic E-state index is 0.458. The molecule has 62 valence electrons. The molecule has 0 aliphatic carbocycles. The Labute approximate surface area is 80.2 Å². The Bertz CT molecular complexity index is 272. The van der Waals surface area contributed by atoms with Crippen molar-refractivity contribution < 1.29 is 0 Å². The fourth-order valence-corrected chi connectivity index (χ4v) is 2.24. The summed E-state index contributed by atoms with van der Waals surface area (Å²) in [5, 5.41) is 0. The first-order chi connectivity index (χ1) is 5.83. The summed E-state index contributed by atoms with van der Waals surface area (Å²) in [6, 6.07) is 10.5. The molecule has 0 heterocycles. The second-order valence-electron chi connectivity index (χ2n) is 2.50. The molecule has 0 saturated carbocycles. The summed E-state index contributed by atoms with van der Waals surface area (Å²) in [5.74, 6) is 0. The van der Waals surface area contributed by atoms with Crippen LogP contribution in [0.2, 0.25) is 0 Å². The molecule has 0 N–H and O–H groups in total. The molecule has 0 spiro atoms. The quantitative estimate of drug-likeness (QED) is 0.543. The molecule has 0 bridgehead atoms. The normalized spacial score (nSPS) is 11.2. The average molecular weight is 223 g/mol. The van der Waals surface area contributed by atoms with E-state index in [9.17, 15) is 0 Å². The van der Waals surface area contributed by atoms with Gasteiger partial charge in [0.15, 0.2) is 0 Å². The van der Waals surface area contributed by atoms with Crippen LogP contribution in [0.25, 0.3) is 0 Å². The minimum atomic E-state index is 0.458. The van der Waals surface area contributed by atoms with Crippen LogP contribution in [0.1, 0.15) is 6.92 Å². The molecule has 0 nitrogen and oxygen atoms in total. The number of rotatable bonds is 3. The second kappa shape index (κ2) is 4.97. The van der Waals surface area contributed by atoms with Gasteiger partial charge in [0.1, 0.15) is 0 Å². The molecule has 0 fully saturated rings. The van der Waals surface area contributed by atoms with Crippen LogP contribution >= 0.6 is 0 Å². The van der Waals surface area contributed by atoms with Crippen molar-refractivity contribution in [3.63, 3.8) is 0 Å². The van der Waals surface area contributed by atoms with E-state index in [0.717, 1.165) is 0 Å². The number of benzene rings is 1. The zero-order chi connectivity index (χ0) is 8.81. The Balaban J connectivity index is 2.60. The zero-order valence-electron chi connectivity index (χ0n) is 7.16. The Hall–Kier alpha value is -0.781. The van der Waals surface area contributed by atoms with Crippen LogP contribution in [-0.2, 0) is 0 Å². The first-order valence-electron chi connectivity index (χ1n) is 3.84. The Kier molecular flexibility index (Phi) is 3.86. The van der Waals surface area contributed by atoms with Crippen molar-refractivity contribution in [2.24, 2.45) is 0 Å². The van der Waals surface area contributed by atoms with Gasteiger partial charge >= 0.3 is 79.9 Å². The fraction of sp³-hybridized carbons (Fsp3) is 0.0909. The van der Waals surface area contributed by atoms with Gasteiger partial charge in [-0.2, -0.15) is 0 Å². The zero-order valence-corrected chi connectivity index (χ0v) is 8.87. The average Bonchev–Trinajstić information content (AvgIpc) is 2.16. The monoisotopic (exact) mass is 224 g/mol. The number of hydrogen-bond donors (Lipinski definition) is 0. The molecular formula is C11H12Se. The van der Waals surface area contributed by atoms with Gasteiger partial charge in [0.25, 0.3) is 0 Å². The maximum atomic E-state index is 3.71. The topological polar surface area (TPSA) is 0 Å². The first-order valence-corrected chi connectivity index (χ1v) is 5.68. The van der Waals surface area contributed by atoms with Gasteiger partial charge in [-0.15, -0.1) is 0 Å². The van der Waals surface area contributed by atoms with Gasteiger partial charge in [-0.05, 0) is 0 Å². The maximum absolute atomic E-state index is 3.71. The van der Waals surface area contributed by atoms with E-state index in [1.807, 2.05) is 12.1 Å². The van der Waals surface area contributed by atoms with Gasteiger partial charge in [0, 0.05) is 0 Å². The molecule has 0 unspecified atom stereocenters. The predicted octanol–water partition coefficient (Wildman–Crippen LogP) is 2.11. The van der Waals surface area contributed by atoms with Crippen molar-refractivity contribution >= 4 is 19.4 Å². The summed E-state index contributed by atoms with van der Waals surface area (Å²) in [4.78, 5) is 2.25. The molecule has 0 saturated heterocycles. The van der Waals surface area contributed by atoms with Crippen LogP contribution in [0.5, 0.6) is 0 Å². The van der Waals surface area contributed by atoms with E-state index < -0.39 is 0 Å². The van der Waals surface area contributed by atoms with Crippen LogP contribution < -0.4 is 4.46 Å². The van der Waals surface area contributed by atoms with Crippen molar-refractivity contribution in [1.29, 1.82) is 0 Å². The molecule has 0 radical (unpaired) electrons. The Morgan fingerprint density at radius 1 is 1.33 bits per heavy atom. The van der Waals surface area contributed by atoms with Crippen molar-refractivity contribution in [2.45, 2.75) is 6.92 Å². The third-order valence-corrected chi connectivity index (χ3v) is 3.62. The molecule has 12 heavy (non-hydrogen) atoms. The molecule has 1 aromatic carbocycles. The van der Waals surface area contributed by atoms with Gasteiger partial charge in [0.05, 0.1) is 0 Å². The summed E-state index contributed by atoms with van der Waals surface area (Å²) in [6.45, 7) is 5.80. The summed E-state index contributed by atoms with van der Waals surface area (Å²) >= 11 is 0.458. The molecule has 1 aromatic rings. The molecule has 0 amide bonds. The van der Waals surface area contributed by atoms with Crippen LogP contribution in [0.4, 0.5) is 0 Å². The van der Waals surface area contributed by atoms with Gasteiger partial charge in [0.2, 0.25) is 0 Å². The van der Waals surface area contributed by atoms with Crippen molar-refractivity contribution in [1.82, 2.24) is 0 Å². The molecule has 0 atom stereocenters. The van der Waals surface area contributed by atoms with E-state index in [2.05, 4.69) is 42.7 Å². The SMILES string of the molecule is C=C/C(C)=C/[Se]c1ccccc1. The molecule has 1 heteroatoms. The molecule has 0 aliphatic heterocycles. The molecule has 0 aliphatic rings. The number of allylic oxidation sites excluding steroid dienone is 2. The van der Waals surface area contributed by atoms with Crippen LogP contribution in [0.15, 0.2) is 53.5 Å². The van der Waals surface area contributed by atoms with Crippen LogP contribution in [-0.4, -0.2) is 15.0 Å². The predicted molar refractivity (Wildman–Crippen MR) is 55.8 cm³/mol. The fourth-order valence-electron chi connectivity index (χ4n) is 0.708. The Morgan fingerprint density at radius 3 is 2.58 bits per heavy atom. The van der Waals surface area contributed by atoms with Gasteiger partial charge in [-0.25, -0.2) is 0 Å². The van der Waals surface area contributed by atoms with E-state index in [1.54, 1.807) is 0 Å². The molecule has 0 aromatic heterocycles. The summed E-state index contributed by atoms with van der Waals surface area (Å²) in [5.41, 5.74) is 1.26. The molecular weight excluding hydrogens is 211 g/mol. The summed E-state index contributed by atoms with van der Waals surface area (Å²) in [7, 11) is 0. The number of hydrogen-bond acceptors (Lipinski definition) is 0. The third-order valence-electron chi connectivity index (χ3n) is 1.45. The van der Waals surface area contributed by atoms with E-state index in [-0.39, 0.29) is 0 Å². The van der Waals surface area contributed by atoms with Crippen molar-refractivity contribution in [2.75, 3.05) is 0 Å². The molecule has 1 rings (SSSR count). The van der Waals surface area contributed by atoms with Crippen LogP contribution in [0.3, 0.4) is 0 Å². The first kappa shape index (κ1) is 9.31. The second-order valence-corrected chi connectivity index (χ2v) is 4.47. The summed E-state index contributed by atoms with van der Waals surface area (Å²) in [6.07, 6.45) is 1.89. The van der Waals surface area contributed by atoms with E-state index in [0.29, 0.717) is 15.0 Å². The van der Waals surface area contributed by atoms with Gasteiger partial charge in [-0.1, -0.05) is 0 Å². The van der Waals surface area contributed by atoms with Crippen molar-refractivity contribution in [3.8, 4) is 0 Å². The van der Waals surface area contributed by atoms with Crippen molar-refractivity contribution in [3.05, 3.63) is 53.5 Å². The Morgan fingerprint density at radius 2 is 2.00 bits per heavy atom. The third kappa shape index (κ3) is 3.08.